The Balaban J connectivity index is 1.95. The van der Waals surface area contributed by atoms with Crippen LogP contribution in [-0.4, -0.2) is 29.3 Å². The Morgan fingerprint density at radius 2 is 1.86 bits per heavy atom. The topological polar surface area (TPSA) is 63.4 Å². The van der Waals surface area contributed by atoms with Gasteiger partial charge in [-0.3, -0.25) is 9.59 Å². The molecule has 3 rings (SSSR count). The summed E-state index contributed by atoms with van der Waals surface area (Å²) in [6.07, 6.45) is 6.36. The molecule has 0 spiro atoms. The summed E-state index contributed by atoms with van der Waals surface area (Å²) in [5.74, 6) is -0.433. The normalized spacial score (nSPS) is 19.3. The van der Waals surface area contributed by atoms with Crippen LogP contribution in [0.1, 0.15) is 53.6 Å². The summed E-state index contributed by atoms with van der Waals surface area (Å²) >= 11 is 0. The molecule has 0 bridgehead atoms. The molecule has 4 nitrogen and oxygen atoms in total. The number of amides is 2. The highest BCUT2D eigenvalue weighted by molar-refractivity contribution is 6.00. The number of fused-ring (bicyclic) bond motifs is 1. The minimum absolute atomic E-state index is 0.0607. The van der Waals surface area contributed by atoms with Gasteiger partial charge in [-0.1, -0.05) is 25.0 Å². The van der Waals surface area contributed by atoms with E-state index in [2.05, 4.69) is 6.07 Å². The Morgan fingerprint density at radius 3 is 2.52 bits per heavy atom. The molecule has 1 saturated carbocycles. The molecule has 112 valence electrons. The van der Waals surface area contributed by atoms with E-state index in [9.17, 15) is 9.59 Å². The molecule has 1 fully saturated rings. The van der Waals surface area contributed by atoms with Gasteiger partial charge in [0.25, 0.3) is 5.91 Å². The predicted molar refractivity (Wildman–Crippen MR) is 81.0 cm³/mol. The van der Waals surface area contributed by atoms with Crippen molar-refractivity contribution < 1.29 is 9.59 Å². The minimum Gasteiger partial charge on any atom is -0.368 e. The van der Waals surface area contributed by atoms with Crippen LogP contribution in [0.5, 0.6) is 0 Å². The number of aryl methyl sites for hydroxylation is 1. The Labute approximate surface area is 125 Å². The fourth-order valence-corrected chi connectivity index (χ4v) is 3.90. The second kappa shape index (κ2) is 5.17. The summed E-state index contributed by atoms with van der Waals surface area (Å²) < 4.78 is 0. The van der Waals surface area contributed by atoms with Crippen molar-refractivity contribution >= 4 is 11.8 Å². The molecule has 0 saturated heterocycles. The second-order valence-corrected chi connectivity index (χ2v) is 6.26. The number of primary amides is 1. The molecule has 2 aliphatic rings. The van der Waals surface area contributed by atoms with Crippen LogP contribution in [0.15, 0.2) is 18.2 Å². The monoisotopic (exact) mass is 286 g/mol. The Kier molecular flexibility index (Phi) is 3.47. The van der Waals surface area contributed by atoms with Crippen LogP contribution < -0.4 is 5.73 Å². The van der Waals surface area contributed by atoms with Crippen molar-refractivity contribution in [2.45, 2.75) is 50.5 Å². The lowest BCUT2D eigenvalue weighted by molar-refractivity contribution is -0.127. The van der Waals surface area contributed by atoms with Gasteiger partial charge in [-0.25, -0.2) is 0 Å². The van der Waals surface area contributed by atoms with Crippen LogP contribution in [0.2, 0.25) is 0 Å². The first-order chi connectivity index (χ1) is 10.1. The van der Waals surface area contributed by atoms with Gasteiger partial charge in [0.15, 0.2) is 0 Å². The summed E-state index contributed by atoms with van der Waals surface area (Å²) in [6, 6.07) is 5.92. The molecular weight excluding hydrogens is 264 g/mol. The highest BCUT2D eigenvalue weighted by Crippen LogP contribution is 2.36. The smallest absolute Gasteiger partial charge is 0.254 e. The van der Waals surface area contributed by atoms with Gasteiger partial charge in [0.2, 0.25) is 5.91 Å². The lowest BCUT2D eigenvalue weighted by atomic mass is 9.92. The summed E-state index contributed by atoms with van der Waals surface area (Å²) in [6.45, 7) is 0. The first-order valence-corrected chi connectivity index (χ1v) is 7.75. The molecule has 0 heterocycles. The van der Waals surface area contributed by atoms with Gasteiger partial charge >= 0.3 is 0 Å². The number of benzene rings is 1. The fraction of sp³-hybridized carbons (Fsp3) is 0.529. The standard InChI is InChI=1S/C17H22N2O2/c1-19(17(16(18)21)10-2-3-11-17)15(20)14-9-5-7-12-6-4-8-13(12)14/h5,7,9H,2-4,6,8,10-11H2,1H3,(H2,18,21). The van der Waals surface area contributed by atoms with Gasteiger partial charge in [0.05, 0.1) is 0 Å². The molecule has 0 aliphatic heterocycles. The van der Waals surface area contributed by atoms with E-state index in [1.54, 1.807) is 11.9 Å². The number of carbonyl (C=O) groups is 2. The molecule has 2 amide bonds. The Morgan fingerprint density at radius 1 is 1.14 bits per heavy atom. The maximum Gasteiger partial charge on any atom is 0.254 e. The SMILES string of the molecule is CN(C(=O)c1cccc2c1CCC2)C1(C(N)=O)CCCC1. The van der Waals surface area contributed by atoms with E-state index in [0.717, 1.165) is 43.2 Å². The molecule has 0 radical (unpaired) electrons. The van der Waals surface area contributed by atoms with Crippen molar-refractivity contribution in [3.05, 3.63) is 34.9 Å². The van der Waals surface area contributed by atoms with Crippen LogP contribution in [-0.2, 0) is 17.6 Å². The molecule has 0 atom stereocenters. The third-order valence-electron chi connectivity index (χ3n) is 5.21. The molecule has 0 aromatic heterocycles. The number of nitrogens with two attached hydrogens (primary N) is 1. The molecule has 1 aromatic carbocycles. The Hall–Kier alpha value is -1.84. The number of nitrogens with zero attached hydrogens (tertiary/aromatic N) is 1. The van der Waals surface area contributed by atoms with Crippen molar-refractivity contribution in [3.8, 4) is 0 Å². The van der Waals surface area contributed by atoms with E-state index >= 15 is 0 Å². The highest BCUT2D eigenvalue weighted by Gasteiger charge is 2.45. The molecule has 2 aliphatic carbocycles. The maximum absolute atomic E-state index is 12.9. The molecule has 4 heteroatoms. The van der Waals surface area contributed by atoms with Gasteiger partial charge < -0.3 is 10.6 Å². The molecule has 21 heavy (non-hydrogen) atoms. The van der Waals surface area contributed by atoms with Crippen LogP contribution in [0.4, 0.5) is 0 Å². The predicted octanol–water partition coefficient (Wildman–Crippen LogP) is 2.05. The van der Waals surface area contributed by atoms with Crippen molar-refractivity contribution in [2.75, 3.05) is 7.05 Å². The summed E-state index contributed by atoms with van der Waals surface area (Å²) in [7, 11) is 1.73. The maximum atomic E-state index is 12.9. The minimum atomic E-state index is -0.793. The number of hydrogen-bond donors (Lipinski definition) is 1. The largest absolute Gasteiger partial charge is 0.368 e. The lowest BCUT2D eigenvalue weighted by Gasteiger charge is -2.36. The zero-order valence-corrected chi connectivity index (χ0v) is 12.5. The van der Waals surface area contributed by atoms with Crippen molar-refractivity contribution in [1.82, 2.24) is 4.90 Å². The third kappa shape index (κ3) is 2.13. The van der Waals surface area contributed by atoms with Gasteiger partial charge in [-0.05, 0) is 49.3 Å². The van der Waals surface area contributed by atoms with Gasteiger partial charge in [0.1, 0.15) is 5.54 Å². The summed E-state index contributed by atoms with van der Waals surface area (Å²) in [5, 5.41) is 0. The highest BCUT2D eigenvalue weighted by atomic mass is 16.2. The summed E-state index contributed by atoms with van der Waals surface area (Å²) in [4.78, 5) is 26.5. The average molecular weight is 286 g/mol. The zero-order chi connectivity index (χ0) is 15.0. The first-order valence-electron chi connectivity index (χ1n) is 7.75. The van der Waals surface area contributed by atoms with Gasteiger partial charge in [-0.2, -0.15) is 0 Å². The first kappa shape index (κ1) is 14.1. The lowest BCUT2D eigenvalue weighted by Crippen LogP contribution is -2.56. The average Bonchev–Trinajstić information content (AvgIpc) is 3.14. The van der Waals surface area contributed by atoms with E-state index in [4.69, 9.17) is 5.73 Å². The quantitative estimate of drug-likeness (QED) is 0.924. The molecular formula is C17H22N2O2. The van der Waals surface area contributed by atoms with Gasteiger partial charge in [-0.15, -0.1) is 0 Å². The van der Waals surface area contributed by atoms with E-state index in [1.807, 2.05) is 12.1 Å². The van der Waals surface area contributed by atoms with E-state index in [-0.39, 0.29) is 11.8 Å². The van der Waals surface area contributed by atoms with E-state index in [1.165, 1.54) is 5.56 Å². The molecule has 1 aromatic rings. The van der Waals surface area contributed by atoms with Crippen molar-refractivity contribution in [2.24, 2.45) is 5.73 Å². The molecule has 0 unspecified atom stereocenters. The number of hydrogen-bond acceptors (Lipinski definition) is 2. The Bertz CT molecular complexity index is 588. The fourth-order valence-electron chi connectivity index (χ4n) is 3.90. The number of likely N-dealkylation sites (N-methyl/N-ethyl adjacent to an activating group) is 1. The zero-order valence-electron chi connectivity index (χ0n) is 12.5. The van der Waals surface area contributed by atoms with E-state index < -0.39 is 5.54 Å². The van der Waals surface area contributed by atoms with Crippen LogP contribution in [0.3, 0.4) is 0 Å². The number of rotatable bonds is 3. The van der Waals surface area contributed by atoms with Crippen LogP contribution in [0.25, 0.3) is 0 Å². The van der Waals surface area contributed by atoms with Crippen molar-refractivity contribution in [3.63, 3.8) is 0 Å². The van der Waals surface area contributed by atoms with Gasteiger partial charge in [0, 0.05) is 12.6 Å². The molecule has 2 N–H and O–H groups in total. The van der Waals surface area contributed by atoms with Crippen LogP contribution >= 0.6 is 0 Å². The number of carbonyl (C=O) groups excluding carboxylic acids is 2. The second-order valence-electron chi connectivity index (χ2n) is 6.26. The van der Waals surface area contributed by atoms with E-state index in [0.29, 0.717) is 12.8 Å². The van der Waals surface area contributed by atoms with Crippen LogP contribution in [0, 0.1) is 0 Å². The van der Waals surface area contributed by atoms with Crippen molar-refractivity contribution in [1.29, 1.82) is 0 Å². The summed E-state index contributed by atoms with van der Waals surface area (Å²) in [5.41, 5.74) is 8.02. The third-order valence-corrected chi connectivity index (χ3v) is 5.21.